The maximum atomic E-state index is 3.45. The van der Waals surface area contributed by atoms with Crippen LogP contribution in [0.5, 0.6) is 0 Å². The predicted octanol–water partition coefficient (Wildman–Crippen LogP) is 3.23. The summed E-state index contributed by atoms with van der Waals surface area (Å²) in [7, 11) is 2.05. The van der Waals surface area contributed by atoms with E-state index in [1.807, 2.05) is 7.05 Å². The highest BCUT2D eigenvalue weighted by Gasteiger charge is 2.25. The van der Waals surface area contributed by atoms with Gasteiger partial charge in [-0.3, -0.25) is 0 Å². The molecule has 0 bridgehead atoms. The molecule has 0 atom stereocenters. The van der Waals surface area contributed by atoms with E-state index in [2.05, 4.69) is 50.4 Å². The zero-order valence-corrected chi connectivity index (χ0v) is 9.72. The Balaban J connectivity index is 3.05. The van der Waals surface area contributed by atoms with Crippen LogP contribution in [0.15, 0.2) is 24.3 Å². The second kappa shape index (κ2) is 4.61. The summed E-state index contributed by atoms with van der Waals surface area (Å²) in [4.78, 5) is 0. The third-order valence-electron chi connectivity index (χ3n) is 3.29. The van der Waals surface area contributed by atoms with Crippen LogP contribution in [0.4, 0.5) is 0 Å². The fourth-order valence-electron chi connectivity index (χ4n) is 2.03. The maximum Gasteiger partial charge on any atom is 0.0426 e. The van der Waals surface area contributed by atoms with Gasteiger partial charge in [-0.2, -0.15) is 0 Å². The molecule has 14 heavy (non-hydrogen) atoms. The summed E-state index contributed by atoms with van der Waals surface area (Å²) in [6, 6.07) is 8.84. The number of benzene rings is 1. The van der Waals surface area contributed by atoms with E-state index in [4.69, 9.17) is 0 Å². The van der Waals surface area contributed by atoms with Gasteiger partial charge < -0.3 is 5.32 Å². The predicted molar refractivity (Wildman–Crippen MR) is 62.5 cm³/mol. The molecule has 1 aromatic rings. The fraction of sp³-hybridized carbons (Fsp3) is 0.538. The first kappa shape index (κ1) is 11.3. The number of hydrogen-bond donors (Lipinski definition) is 1. The van der Waals surface area contributed by atoms with Gasteiger partial charge in [0.05, 0.1) is 0 Å². The minimum absolute atomic E-state index is 0.160. The van der Waals surface area contributed by atoms with Crippen LogP contribution in [0, 0.1) is 6.92 Å². The number of rotatable bonds is 4. The molecule has 1 aromatic carbocycles. The highest BCUT2D eigenvalue weighted by molar-refractivity contribution is 5.27. The van der Waals surface area contributed by atoms with Crippen molar-refractivity contribution in [1.82, 2.24) is 5.32 Å². The molecule has 0 spiro atoms. The van der Waals surface area contributed by atoms with Crippen LogP contribution in [-0.4, -0.2) is 7.05 Å². The molecule has 1 rings (SSSR count). The van der Waals surface area contributed by atoms with Crippen LogP contribution in [0.25, 0.3) is 0 Å². The van der Waals surface area contributed by atoms with E-state index in [0.29, 0.717) is 0 Å². The topological polar surface area (TPSA) is 12.0 Å². The van der Waals surface area contributed by atoms with E-state index in [9.17, 15) is 0 Å². The van der Waals surface area contributed by atoms with Crippen LogP contribution in [0.3, 0.4) is 0 Å². The summed E-state index contributed by atoms with van der Waals surface area (Å²) in [6.45, 7) is 6.60. The Bertz CT molecular complexity index is 262. The summed E-state index contributed by atoms with van der Waals surface area (Å²) >= 11 is 0. The first-order chi connectivity index (χ1) is 6.68. The molecule has 1 N–H and O–H groups in total. The van der Waals surface area contributed by atoms with E-state index in [1.165, 1.54) is 11.1 Å². The van der Waals surface area contributed by atoms with Gasteiger partial charge >= 0.3 is 0 Å². The molecule has 0 saturated carbocycles. The van der Waals surface area contributed by atoms with Gasteiger partial charge in [-0.05, 0) is 32.4 Å². The first-order valence-electron chi connectivity index (χ1n) is 5.44. The van der Waals surface area contributed by atoms with E-state index >= 15 is 0 Å². The lowest BCUT2D eigenvalue weighted by atomic mass is 9.84. The minimum Gasteiger partial charge on any atom is -0.310 e. The van der Waals surface area contributed by atoms with Gasteiger partial charge in [-0.15, -0.1) is 0 Å². The summed E-state index contributed by atoms with van der Waals surface area (Å²) in [5, 5.41) is 3.45. The van der Waals surface area contributed by atoms with Gasteiger partial charge in [0, 0.05) is 5.54 Å². The molecule has 0 unspecified atom stereocenters. The fourth-order valence-corrected chi connectivity index (χ4v) is 2.03. The first-order valence-corrected chi connectivity index (χ1v) is 5.44. The molecule has 0 heterocycles. The van der Waals surface area contributed by atoms with Gasteiger partial charge in [-0.25, -0.2) is 0 Å². The van der Waals surface area contributed by atoms with E-state index in [0.717, 1.165) is 12.8 Å². The molecule has 0 aliphatic rings. The summed E-state index contributed by atoms with van der Waals surface area (Å²) in [5.41, 5.74) is 2.88. The molecule has 0 aromatic heterocycles. The van der Waals surface area contributed by atoms with Crippen molar-refractivity contribution in [3.63, 3.8) is 0 Å². The molecule has 1 heteroatoms. The second-order valence-corrected chi connectivity index (χ2v) is 3.91. The normalized spacial score (nSPS) is 11.7. The Hall–Kier alpha value is -0.820. The van der Waals surface area contributed by atoms with E-state index in [-0.39, 0.29) is 5.54 Å². The van der Waals surface area contributed by atoms with Gasteiger partial charge in [0.1, 0.15) is 0 Å². The van der Waals surface area contributed by atoms with Gasteiger partial charge in [-0.1, -0.05) is 43.7 Å². The van der Waals surface area contributed by atoms with Crippen molar-refractivity contribution in [2.75, 3.05) is 7.05 Å². The lowest BCUT2D eigenvalue weighted by molar-refractivity contribution is 0.334. The molecule has 0 aliphatic heterocycles. The molecule has 78 valence electrons. The van der Waals surface area contributed by atoms with Crippen molar-refractivity contribution in [3.05, 3.63) is 35.4 Å². The smallest absolute Gasteiger partial charge is 0.0426 e. The van der Waals surface area contributed by atoms with Crippen molar-refractivity contribution in [2.24, 2.45) is 0 Å². The van der Waals surface area contributed by atoms with Crippen LogP contribution >= 0.6 is 0 Å². The molecular formula is C13H21N. The average molecular weight is 191 g/mol. The molecule has 0 fully saturated rings. The Kier molecular flexibility index (Phi) is 3.70. The van der Waals surface area contributed by atoms with Crippen molar-refractivity contribution >= 4 is 0 Å². The second-order valence-electron chi connectivity index (χ2n) is 3.91. The Morgan fingerprint density at radius 2 is 1.57 bits per heavy atom. The number of hydrogen-bond acceptors (Lipinski definition) is 1. The molecule has 1 nitrogen and oxygen atoms in total. The summed E-state index contributed by atoms with van der Waals surface area (Å²) in [5.74, 6) is 0. The highest BCUT2D eigenvalue weighted by Crippen LogP contribution is 2.28. The van der Waals surface area contributed by atoms with Gasteiger partial charge in [0.15, 0.2) is 0 Å². The molecule has 0 amide bonds. The molecule has 0 aliphatic carbocycles. The third-order valence-corrected chi connectivity index (χ3v) is 3.29. The average Bonchev–Trinajstić information content (AvgIpc) is 2.24. The van der Waals surface area contributed by atoms with Gasteiger partial charge in [0.2, 0.25) is 0 Å². The number of aryl methyl sites for hydroxylation is 1. The van der Waals surface area contributed by atoms with Crippen molar-refractivity contribution in [2.45, 2.75) is 39.2 Å². The maximum absolute atomic E-state index is 3.45. The Labute approximate surface area is 87.5 Å². The third kappa shape index (κ3) is 1.98. The monoisotopic (exact) mass is 191 g/mol. The lowest BCUT2D eigenvalue weighted by Crippen LogP contribution is -2.38. The number of nitrogens with one attached hydrogen (secondary N) is 1. The van der Waals surface area contributed by atoms with Crippen LogP contribution < -0.4 is 5.32 Å². The Morgan fingerprint density at radius 3 is 1.93 bits per heavy atom. The van der Waals surface area contributed by atoms with Crippen molar-refractivity contribution < 1.29 is 0 Å². The molecule has 0 radical (unpaired) electrons. The van der Waals surface area contributed by atoms with E-state index < -0.39 is 0 Å². The van der Waals surface area contributed by atoms with Crippen LogP contribution in [-0.2, 0) is 5.54 Å². The SMILES string of the molecule is CCC(CC)(NC)c1ccc(C)cc1. The molecule has 0 saturated heterocycles. The lowest BCUT2D eigenvalue weighted by Gasteiger charge is -2.32. The standard InChI is InChI=1S/C13H21N/c1-5-13(6-2,14-4)12-9-7-11(3)8-10-12/h7-10,14H,5-6H2,1-4H3. The Morgan fingerprint density at radius 1 is 1.07 bits per heavy atom. The van der Waals surface area contributed by atoms with Crippen LogP contribution in [0.1, 0.15) is 37.8 Å². The summed E-state index contributed by atoms with van der Waals surface area (Å²) in [6.07, 6.45) is 2.26. The van der Waals surface area contributed by atoms with Crippen molar-refractivity contribution in [3.8, 4) is 0 Å². The van der Waals surface area contributed by atoms with Crippen molar-refractivity contribution in [1.29, 1.82) is 0 Å². The molecular weight excluding hydrogens is 170 g/mol. The quantitative estimate of drug-likeness (QED) is 0.770. The zero-order chi connectivity index (χ0) is 10.6. The summed E-state index contributed by atoms with van der Waals surface area (Å²) < 4.78 is 0. The van der Waals surface area contributed by atoms with E-state index in [1.54, 1.807) is 0 Å². The zero-order valence-electron chi connectivity index (χ0n) is 9.72. The van der Waals surface area contributed by atoms with Crippen LogP contribution in [0.2, 0.25) is 0 Å². The van der Waals surface area contributed by atoms with Gasteiger partial charge in [0.25, 0.3) is 0 Å². The highest BCUT2D eigenvalue weighted by atomic mass is 14.9. The largest absolute Gasteiger partial charge is 0.310 e. The minimum atomic E-state index is 0.160.